The number of carboxylic acid groups (broad SMARTS) is 1. The summed E-state index contributed by atoms with van der Waals surface area (Å²) in [5.41, 5.74) is 5.46. The molecule has 5 rings (SSSR count). The minimum absolute atomic E-state index is 0. The van der Waals surface area contributed by atoms with Crippen LogP contribution in [-0.2, 0) is 19.2 Å². The van der Waals surface area contributed by atoms with Gasteiger partial charge in [-0.3, -0.25) is 19.3 Å². The number of aromatic nitrogens is 1. The van der Waals surface area contributed by atoms with Crippen LogP contribution >= 0.6 is 62.1 Å². The van der Waals surface area contributed by atoms with E-state index in [1.807, 2.05) is 0 Å². The fraction of sp³-hybridized carbons (Fsp3) is 0.217. The molecule has 1 fully saturated rings. The third-order valence-corrected chi connectivity index (χ3v) is 11.8. The summed E-state index contributed by atoms with van der Waals surface area (Å²) in [5, 5.41) is 39.1. The number of nitrogens with zero attached hydrogens (tertiary/aromatic N) is 3. The topological polar surface area (TPSA) is 208 Å². The molecule has 1 aromatic carbocycles. The summed E-state index contributed by atoms with van der Waals surface area (Å²) in [4.78, 5) is 61.0. The van der Waals surface area contributed by atoms with E-state index in [4.69, 9.17) is 10.6 Å². The average molecular weight is 723 g/mol. The van der Waals surface area contributed by atoms with Crippen molar-refractivity contribution in [1.82, 2.24) is 15.2 Å². The smallest absolute Gasteiger partial charge is 0.870 e. The maximum Gasteiger partial charge on any atom is 1.00 e. The van der Waals surface area contributed by atoms with Crippen LogP contribution < -0.4 is 51.1 Å². The van der Waals surface area contributed by atoms with Crippen molar-refractivity contribution in [2.75, 3.05) is 24.3 Å². The number of thiazole rings is 1. The number of benzene rings is 1. The van der Waals surface area contributed by atoms with E-state index in [1.165, 1.54) is 42.1 Å². The number of carboxylic acids is 1. The Morgan fingerprint density at radius 3 is 2.76 bits per heavy atom. The number of nitrogens with one attached hydrogen (secondary N) is 1. The van der Waals surface area contributed by atoms with Crippen LogP contribution in [0.25, 0.3) is 10.1 Å². The molecular formula is C23H17BrN5NaO8S4. The Balaban J connectivity index is 0.00000405. The van der Waals surface area contributed by atoms with Gasteiger partial charge < -0.3 is 31.2 Å². The summed E-state index contributed by atoms with van der Waals surface area (Å²) < 4.78 is 1.12. The zero-order chi connectivity index (χ0) is 29.6. The Morgan fingerprint density at radius 2 is 2.12 bits per heavy atom. The van der Waals surface area contributed by atoms with Gasteiger partial charge in [-0.1, -0.05) is 17.0 Å². The van der Waals surface area contributed by atoms with Gasteiger partial charge in [0.25, 0.3) is 11.8 Å². The van der Waals surface area contributed by atoms with Gasteiger partial charge in [-0.25, -0.2) is 9.78 Å². The number of phenolic OH excluding ortho intramolecular Hbond substituents is 1. The number of aromatic hydroxyl groups is 1. The molecule has 0 aliphatic carbocycles. The molecule has 0 saturated carbocycles. The predicted octanol–water partition coefficient (Wildman–Crippen LogP) is -1.27. The van der Waals surface area contributed by atoms with Gasteiger partial charge in [0.15, 0.2) is 10.8 Å². The molecular weight excluding hydrogens is 705 g/mol. The van der Waals surface area contributed by atoms with Crippen molar-refractivity contribution in [3.63, 3.8) is 0 Å². The molecule has 13 nitrogen and oxygen atoms in total. The molecule has 5 N–H and O–H groups in total. The molecule has 0 radical (unpaired) electrons. The van der Waals surface area contributed by atoms with Crippen LogP contribution in [0.4, 0.5) is 5.13 Å². The molecule has 2 amide bonds. The molecule has 214 valence electrons. The van der Waals surface area contributed by atoms with Crippen molar-refractivity contribution in [2.24, 2.45) is 5.16 Å². The normalized spacial score (nSPS) is 18.3. The number of anilines is 1. The van der Waals surface area contributed by atoms with E-state index in [0.717, 1.165) is 33.6 Å². The van der Waals surface area contributed by atoms with Gasteiger partial charge in [-0.15, -0.1) is 46.2 Å². The third-order valence-electron chi connectivity index (χ3n) is 5.96. The van der Waals surface area contributed by atoms with Crippen LogP contribution in [-0.4, -0.2) is 73.6 Å². The quantitative estimate of drug-likeness (QED) is 0.0706. The van der Waals surface area contributed by atoms with Crippen LogP contribution in [0.1, 0.15) is 5.69 Å². The molecule has 0 unspecified atom stereocenters. The molecule has 1 saturated heterocycles. The Labute approximate surface area is 283 Å². The summed E-state index contributed by atoms with van der Waals surface area (Å²) in [6.45, 7) is 0. The van der Waals surface area contributed by atoms with E-state index in [1.54, 1.807) is 0 Å². The number of amides is 2. The number of rotatable bonds is 8. The molecule has 2 atom stereocenters. The van der Waals surface area contributed by atoms with Crippen LogP contribution in [0.15, 0.2) is 47.4 Å². The van der Waals surface area contributed by atoms with Gasteiger partial charge in [0.1, 0.15) is 35.7 Å². The van der Waals surface area contributed by atoms with Crippen molar-refractivity contribution in [3.05, 3.63) is 49.2 Å². The number of hydrogen-bond acceptors (Lipinski definition) is 14. The van der Waals surface area contributed by atoms with E-state index in [-0.39, 0.29) is 73.2 Å². The number of nitrogen functional groups attached to an aromatic ring is 1. The number of carbonyl (C=O) groups excluding carboxylic acids is 2. The van der Waals surface area contributed by atoms with Crippen LogP contribution in [0.3, 0.4) is 0 Å². The Morgan fingerprint density at radius 1 is 1.38 bits per heavy atom. The zero-order valence-electron chi connectivity index (χ0n) is 21.6. The fourth-order valence-corrected chi connectivity index (χ4v) is 9.19. The number of β-lactam (4-membered cyclic amide) rings is 1. The molecule has 2 aliphatic heterocycles. The summed E-state index contributed by atoms with van der Waals surface area (Å²) >= 11 is 7.99. The standard InChI is InChI=1S/C23H18BrN5O8S4.Na/c1-37-28-14(9-6-40-23(25)26-9)18(33)27-15-19(34)29-16(21(35)36)7(4-38-20(15)29)5-39-22-13(24)17(32)8-2-10(30)11(31)3-12(8)41-22;/h2-3,6,15,20,30-31H,4-5H2,1H3,(H2,25,26)(H,27,33)(H,35,36);/q;+1/p-1/b28-14+;/t15-,20-;/m1./s1. The van der Waals surface area contributed by atoms with Crippen molar-refractivity contribution in [2.45, 2.75) is 15.6 Å². The molecule has 3 aromatic rings. The first-order chi connectivity index (χ1) is 19.5. The summed E-state index contributed by atoms with van der Waals surface area (Å²) in [6, 6.07) is 1.29. The van der Waals surface area contributed by atoms with Gasteiger partial charge in [-0.2, -0.15) is 0 Å². The van der Waals surface area contributed by atoms with E-state index < -0.39 is 46.1 Å². The van der Waals surface area contributed by atoms with Crippen molar-refractivity contribution < 1.29 is 64.1 Å². The summed E-state index contributed by atoms with van der Waals surface area (Å²) in [7, 11) is 1.25. The molecule has 2 aromatic heterocycles. The fourth-order valence-electron chi connectivity index (χ4n) is 4.11. The van der Waals surface area contributed by atoms with Gasteiger partial charge in [0.2, 0.25) is 5.43 Å². The van der Waals surface area contributed by atoms with Crippen molar-refractivity contribution in [3.8, 4) is 11.5 Å². The first kappa shape index (κ1) is 32.6. The molecule has 0 spiro atoms. The van der Waals surface area contributed by atoms with Crippen LogP contribution in [0.2, 0.25) is 0 Å². The van der Waals surface area contributed by atoms with E-state index >= 15 is 0 Å². The number of thioether (sulfide) groups is 2. The van der Waals surface area contributed by atoms with Crippen molar-refractivity contribution in [1.29, 1.82) is 0 Å². The van der Waals surface area contributed by atoms with Crippen molar-refractivity contribution >= 4 is 101 Å². The molecule has 42 heavy (non-hydrogen) atoms. The maximum atomic E-state index is 13.1. The first-order valence-corrected chi connectivity index (χ1v) is 15.9. The number of fused-ring (bicyclic) bond motifs is 2. The van der Waals surface area contributed by atoms with Gasteiger partial charge >= 0.3 is 35.5 Å². The van der Waals surface area contributed by atoms with Crippen LogP contribution in [0.5, 0.6) is 11.5 Å². The second kappa shape index (κ2) is 13.1. The molecule has 4 heterocycles. The number of phenols is 1. The summed E-state index contributed by atoms with van der Waals surface area (Å²) in [6.07, 6.45) is 0. The molecule has 19 heteroatoms. The third kappa shape index (κ3) is 6.03. The minimum atomic E-state index is -1.30. The minimum Gasteiger partial charge on any atom is -0.870 e. The number of nitrogens with two attached hydrogens (primary N) is 1. The van der Waals surface area contributed by atoms with Gasteiger partial charge in [-0.05, 0) is 27.6 Å². The predicted molar refractivity (Wildman–Crippen MR) is 157 cm³/mol. The Bertz CT molecular complexity index is 1750. The van der Waals surface area contributed by atoms with E-state index in [2.05, 4.69) is 31.4 Å². The van der Waals surface area contributed by atoms with E-state index in [9.17, 15) is 34.5 Å². The van der Waals surface area contributed by atoms with Gasteiger partial charge in [0.05, 0.1) is 8.68 Å². The average Bonchev–Trinajstić information content (AvgIpc) is 3.37. The van der Waals surface area contributed by atoms with Crippen LogP contribution in [0, 0.1) is 0 Å². The second-order valence-electron chi connectivity index (χ2n) is 8.45. The maximum absolute atomic E-state index is 13.1. The number of hydrogen-bond donors (Lipinski definition) is 4. The Hall–Kier alpha value is -2.32. The number of aliphatic carboxylic acids is 1. The largest absolute Gasteiger partial charge is 1.00 e. The zero-order valence-corrected chi connectivity index (χ0v) is 28.4. The second-order valence-corrected chi connectivity index (χ2v) is 13.5. The summed E-state index contributed by atoms with van der Waals surface area (Å²) in [5.74, 6) is -3.40. The van der Waals surface area contributed by atoms with E-state index in [0.29, 0.717) is 14.5 Å². The Kier molecular flexibility index (Phi) is 10.2. The first-order valence-electron chi connectivity index (χ1n) is 11.3. The number of oxime groups is 1. The molecule has 0 bridgehead atoms. The number of carbonyl (C=O) groups is 3. The SMILES string of the molecule is CO/N=C(/C(=O)N[C@@H]1C(=O)N2C(C(=O)O)=C(CSc3sc4cc(O)c([O-])cc4c(=O)c3Br)CS[C@H]12)c1csc(N)n1.[Na+]. The number of halogens is 1. The molecule has 2 aliphatic rings. The monoisotopic (exact) mass is 721 g/mol. The van der Waals surface area contributed by atoms with Gasteiger partial charge in [0, 0.05) is 27.0 Å².